The number of hydrogen-bond donors (Lipinski definition) is 1. The van der Waals surface area contributed by atoms with Crippen LogP contribution in [0.25, 0.3) is 0 Å². The van der Waals surface area contributed by atoms with Crippen LogP contribution in [0, 0.1) is 11.3 Å². The lowest BCUT2D eigenvalue weighted by atomic mass is 9.82. The van der Waals surface area contributed by atoms with Gasteiger partial charge < -0.3 is 5.32 Å². The third-order valence-corrected chi connectivity index (χ3v) is 5.79. The van der Waals surface area contributed by atoms with Gasteiger partial charge in [0, 0.05) is 31.7 Å². The minimum atomic E-state index is 0.646. The molecule has 0 radical (unpaired) electrons. The van der Waals surface area contributed by atoms with Crippen molar-refractivity contribution in [3.63, 3.8) is 0 Å². The maximum absolute atomic E-state index is 3.80. The van der Waals surface area contributed by atoms with E-state index in [1.165, 1.54) is 64.6 Å². The van der Waals surface area contributed by atoms with Crippen LogP contribution < -0.4 is 5.32 Å². The zero-order chi connectivity index (χ0) is 14.6. The van der Waals surface area contributed by atoms with Crippen LogP contribution in [0.15, 0.2) is 0 Å². The van der Waals surface area contributed by atoms with Gasteiger partial charge in [0.15, 0.2) is 0 Å². The number of piperazine rings is 1. The molecule has 2 heteroatoms. The summed E-state index contributed by atoms with van der Waals surface area (Å²) in [7, 11) is 0. The van der Waals surface area contributed by atoms with E-state index < -0.39 is 0 Å². The summed E-state index contributed by atoms with van der Waals surface area (Å²) in [6, 6.07) is 1.48. The Morgan fingerprint density at radius 3 is 2.45 bits per heavy atom. The first-order chi connectivity index (χ1) is 9.58. The van der Waals surface area contributed by atoms with Gasteiger partial charge in [0.1, 0.15) is 0 Å². The van der Waals surface area contributed by atoms with Gasteiger partial charge in [-0.3, -0.25) is 4.90 Å². The summed E-state index contributed by atoms with van der Waals surface area (Å²) in [4.78, 5) is 2.85. The molecule has 2 nitrogen and oxygen atoms in total. The van der Waals surface area contributed by atoms with Crippen molar-refractivity contribution in [2.75, 3.05) is 19.6 Å². The van der Waals surface area contributed by atoms with E-state index in [-0.39, 0.29) is 0 Å². The predicted octanol–water partition coefficient (Wildman–Crippen LogP) is 4.06. The fraction of sp³-hybridized carbons (Fsp3) is 1.00. The van der Waals surface area contributed by atoms with Crippen LogP contribution in [0.1, 0.15) is 72.6 Å². The number of nitrogens with zero attached hydrogens (tertiary/aromatic N) is 1. The molecule has 1 saturated carbocycles. The number of nitrogens with one attached hydrogen (secondary N) is 1. The Balaban J connectivity index is 1.97. The first-order valence-electron chi connectivity index (χ1n) is 9.06. The van der Waals surface area contributed by atoms with Crippen molar-refractivity contribution in [1.82, 2.24) is 10.2 Å². The zero-order valence-electron chi connectivity index (χ0n) is 14.3. The van der Waals surface area contributed by atoms with Crippen LogP contribution in [0.3, 0.4) is 0 Å². The van der Waals surface area contributed by atoms with E-state index >= 15 is 0 Å². The van der Waals surface area contributed by atoms with E-state index in [1.807, 2.05) is 0 Å². The smallest absolute Gasteiger partial charge is 0.0219 e. The van der Waals surface area contributed by atoms with E-state index in [9.17, 15) is 0 Å². The Morgan fingerprint density at radius 1 is 1.20 bits per heavy atom. The predicted molar refractivity (Wildman–Crippen MR) is 88.1 cm³/mol. The molecular weight excluding hydrogens is 244 g/mol. The Kier molecular flexibility index (Phi) is 5.92. The highest BCUT2D eigenvalue weighted by molar-refractivity contribution is 4.92. The van der Waals surface area contributed by atoms with E-state index in [1.54, 1.807) is 0 Å². The van der Waals surface area contributed by atoms with Crippen molar-refractivity contribution in [2.45, 2.75) is 84.7 Å². The molecule has 0 bridgehead atoms. The topological polar surface area (TPSA) is 15.3 Å². The molecule has 2 aliphatic rings. The van der Waals surface area contributed by atoms with E-state index in [0.717, 1.165) is 12.0 Å². The SMILES string of the molecule is CCC1CNC(CC(C)C)CN1CC1(CC)CCCC1. The van der Waals surface area contributed by atoms with Crippen molar-refractivity contribution in [2.24, 2.45) is 11.3 Å². The van der Waals surface area contributed by atoms with Gasteiger partial charge in [-0.2, -0.15) is 0 Å². The molecule has 0 amide bonds. The summed E-state index contributed by atoms with van der Waals surface area (Å²) in [5, 5.41) is 3.80. The molecule has 2 fully saturated rings. The van der Waals surface area contributed by atoms with Gasteiger partial charge >= 0.3 is 0 Å². The fourth-order valence-electron chi connectivity index (χ4n) is 4.43. The molecule has 0 spiro atoms. The molecule has 2 unspecified atom stereocenters. The van der Waals surface area contributed by atoms with E-state index in [0.29, 0.717) is 11.5 Å². The highest BCUT2D eigenvalue weighted by Crippen LogP contribution is 2.42. The lowest BCUT2D eigenvalue weighted by Crippen LogP contribution is -2.58. The second kappa shape index (κ2) is 7.26. The van der Waals surface area contributed by atoms with Crippen molar-refractivity contribution in [3.8, 4) is 0 Å². The molecule has 2 atom stereocenters. The molecule has 1 saturated heterocycles. The minimum absolute atomic E-state index is 0.646. The lowest BCUT2D eigenvalue weighted by molar-refractivity contribution is 0.0632. The second-order valence-corrected chi connectivity index (χ2v) is 7.79. The summed E-state index contributed by atoms with van der Waals surface area (Å²) >= 11 is 0. The molecule has 1 heterocycles. The van der Waals surface area contributed by atoms with Crippen LogP contribution in [0.5, 0.6) is 0 Å². The molecule has 118 valence electrons. The van der Waals surface area contributed by atoms with E-state index in [4.69, 9.17) is 0 Å². The normalized spacial score (nSPS) is 31.1. The van der Waals surface area contributed by atoms with Crippen LogP contribution in [-0.4, -0.2) is 36.6 Å². The Labute approximate surface area is 126 Å². The van der Waals surface area contributed by atoms with Crippen LogP contribution in [0.4, 0.5) is 0 Å². The van der Waals surface area contributed by atoms with Gasteiger partial charge in [0.25, 0.3) is 0 Å². The molecule has 1 aliphatic heterocycles. The average Bonchev–Trinajstić information content (AvgIpc) is 2.87. The monoisotopic (exact) mass is 280 g/mol. The minimum Gasteiger partial charge on any atom is -0.311 e. The van der Waals surface area contributed by atoms with Crippen molar-refractivity contribution >= 4 is 0 Å². The van der Waals surface area contributed by atoms with Crippen LogP contribution >= 0.6 is 0 Å². The molecule has 2 rings (SSSR count). The molecular formula is C18H36N2. The first-order valence-corrected chi connectivity index (χ1v) is 9.06. The van der Waals surface area contributed by atoms with Crippen molar-refractivity contribution < 1.29 is 0 Å². The molecule has 0 aromatic rings. The average molecular weight is 280 g/mol. The molecule has 20 heavy (non-hydrogen) atoms. The quantitative estimate of drug-likeness (QED) is 0.789. The van der Waals surface area contributed by atoms with E-state index in [2.05, 4.69) is 37.9 Å². The van der Waals surface area contributed by atoms with Gasteiger partial charge in [-0.05, 0) is 43.4 Å². The van der Waals surface area contributed by atoms with Gasteiger partial charge in [0.05, 0.1) is 0 Å². The largest absolute Gasteiger partial charge is 0.311 e. The number of hydrogen-bond acceptors (Lipinski definition) is 2. The van der Waals surface area contributed by atoms with Crippen LogP contribution in [-0.2, 0) is 0 Å². The van der Waals surface area contributed by atoms with Crippen molar-refractivity contribution in [3.05, 3.63) is 0 Å². The standard InChI is InChI=1S/C18H36N2/c1-5-17-12-19-16(11-15(3)4)13-20(17)14-18(6-2)9-7-8-10-18/h15-17,19H,5-14H2,1-4H3. The fourth-order valence-corrected chi connectivity index (χ4v) is 4.43. The maximum Gasteiger partial charge on any atom is 0.0219 e. The summed E-state index contributed by atoms with van der Waals surface area (Å²) in [6.45, 7) is 13.3. The Morgan fingerprint density at radius 2 is 1.90 bits per heavy atom. The lowest BCUT2D eigenvalue weighted by Gasteiger charge is -2.45. The molecule has 0 aromatic carbocycles. The zero-order valence-corrected chi connectivity index (χ0v) is 14.3. The molecule has 0 aromatic heterocycles. The Hall–Kier alpha value is -0.0800. The van der Waals surface area contributed by atoms with Gasteiger partial charge in [-0.25, -0.2) is 0 Å². The summed E-state index contributed by atoms with van der Waals surface area (Å²) < 4.78 is 0. The van der Waals surface area contributed by atoms with Gasteiger partial charge in [0.2, 0.25) is 0 Å². The van der Waals surface area contributed by atoms with Gasteiger partial charge in [-0.1, -0.05) is 40.5 Å². The van der Waals surface area contributed by atoms with Crippen molar-refractivity contribution in [1.29, 1.82) is 0 Å². The van der Waals surface area contributed by atoms with Gasteiger partial charge in [-0.15, -0.1) is 0 Å². The number of rotatable bonds is 6. The highest BCUT2D eigenvalue weighted by atomic mass is 15.2. The molecule has 1 aliphatic carbocycles. The third kappa shape index (κ3) is 3.98. The summed E-state index contributed by atoms with van der Waals surface area (Å²) in [5.41, 5.74) is 0.646. The third-order valence-electron chi connectivity index (χ3n) is 5.79. The maximum atomic E-state index is 3.80. The summed E-state index contributed by atoms with van der Waals surface area (Å²) in [5.74, 6) is 0.805. The first kappa shape index (κ1) is 16.3. The van der Waals surface area contributed by atoms with Crippen LogP contribution in [0.2, 0.25) is 0 Å². The molecule has 1 N–H and O–H groups in total. The highest BCUT2D eigenvalue weighted by Gasteiger charge is 2.37. The Bertz CT molecular complexity index is 281. The second-order valence-electron chi connectivity index (χ2n) is 7.79. The summed E-state index contributed by atoms with van der Waals surface area (Å²) in [6.07, 6.45) is 9.87.